The van der Waals surface area contributed by atoms with Crippen LogP contribution in [0, 0.1) is 51.7 Å². The second-order valence-corrected chi connectivity index (χ2v) is 6.43. The Labute approximate surface area is 255 Å². The predicted molar refractivity (Wildman–Crippen MR) is 125 cm³/mol. The largest absolute Gasteiger partial charge is 0 e. The molecule has 4 atom stereocenters. The van der Waals surface area contributed by atoms with Crippen molar-refractivity contribution in [2.45, 2.75) is 50.3 Å². The summed E-state index contributed by atoms with van der Waals surface area (Å²) < 4.78 is 68.1. The molecule has 1 aromatic carbocycles. The molecule has 2 radical (unpaired) electrons. The minimum Gasteiger partial charge on any atom is 0 e. The van der Waals surface area contributed by atoms with Gasteiger partial charge in [0, 0.05) is 46.4 Å². The van der Waals surface area contributed by atoms with Gasteiger partial charge in [-0.05, 0) is 24.1 Å². The standard InChI is InChI=1S/C22H26O4.6CO.2Co/c1-3-5-19-12-13-22-21(25-19)7-4-6-20(26-22)14-15-24-16-17-8-10-18(23-2)11-9-17;6*1-2;;/h3,8-13,19-22H,1,5,7,14-16H2,2H3;;;;;;;;/t19-,20+,21-,22+;;;;;;;;/m1......../s1. The summed E-state index contributed by atoms with van der Waals surface area (Å²) in [5.74, 6) is 7.25. The van der Waals surface area contributed by atoms with E-state index in [1.54, 1.807) is 7.11 Å². The van der Waals surface area contributed by atoms with Gasteiger partial charge in [-0.15, -0.1) is 6.58 Å². The van der Waals surface area contributed by atoms with Crippen LogP contribution in [0.5, 0.6) is 5.75 Å². The molecule has 2 aliphatic heterocycles. The minimum absolute atomic E-state index is 0. The molecule has 0 N–H and O–H groups in total. The Hall–Kier alpha value is -2.61. The second kappa shape index (κ2) is 40.9. The zero-order chi connectivity index (χ0) is 30.2. The normalized spacial score (nSPS) is 17.8. The van der Waals surface area contributed by atoms with Crippen molar-refractivity contribution in [2.75, 3.05) is 13.7 Å². The Morgan fingerprint density at radius 1 is 0.900 bits per heavy atom. The van der Waals surface area contributed by atoms with E-state index < -0.39 is 0 Å². The van der Waals surface area contributed by atoms with Gasteiger partial charge < -0.3 is 18.9 Å². The third-order valence-electron chi connectivity index (χ3n) is 4.47. The molecule has 0 saturated carbocycles. The maximum atomic E-state index is 7.50. The van der Waals surface area contributed by atoms with Crippen molar-refractivity contribution in [1.29, 1.82) is 0 Å². The summed E-state index contributed by atoms with van der Waals surface area (Å²) in [4.78, 5) is 0. The summed E-state index contributed by atoms with van der Waals surface area (Å²) in [5, 5.41) is 0. The molecule has 0 fully saturated rings. The topological polar surface area (TPSA) is 156 Å². The van der Waals surface area contributed by atoms with Crippen molar-refractivity contribution in [1.82, 2.24) is 0 Å². The Bertz CT molecular complexity index is 891. The number of hydrogen-bond acceptors (Lipinski definition) is 4. The Kier molecular flexibility index (Phi) is 51.4. The quantitative estimate of drug-likeness (QED) is 0.140. The number of ether oxygens (including phenoxy) is 4. The second-order valence-electron chi connectivity index (χ2n) is 6.43. The van der Waals surface area contributed by atoms with E-state index in [0.717, 1.165) is 24.2 Å². The molecule has 1 aromatic rings. The first-order chi connectivity index (χ1) is 18.8. The van der Waals surface area contributed by atoms with Crippen LogP contribution >= 0.6 is 0 Å². The smallest absolute Gasteiger partial charge is 0 e. The molecule has 10 nitrogen and oxygen atoms in total. The van der Waals surface area contributed by atoms with Gasteiger partial charge in [-0.25, -0.2) is 0 Å². The number of methoxy groups -OCH3 is 1. The Morgan fingerprint density at radius 2 is 1.45 bits per heavy atom. The first-order valence-electron chi connectivity index (χ1n) is 10.3. The van der Waals surface area contributed by atoms with E-state index in [9.17, 15) is 0 Å². The summed E-state index contributed by atoms with van der Waals surface area (Å²) in [6, 6.07) is 7.89. The Morgan fingerprint density at radius 3 is 1.95 bits per heavy atom. The van der Waals surface area contributed by atoms with E-state index in [4.69, 9.17) is 46.9 Å². The maximum Gasteiger partial charge on any atom is 0 e. The van der Waals surface area contributed by atoms with Crippen molar-refractivity contribution in [2.24, 2.45) is 0 Å². The molecule has 2 aliphatic rings. The molecule has 0 saturated heterocycles. The van der Waals surface area contributed by atoms with Crippen LogP contribution in [0.1, 0.15) is 24.8 Å². The van der Waals surface area contributed by atoms with Crippen molar-refractivity contribution >= 4 is 0 Å². The molecule has 0 unspecified atom stereocenters. The fourth-order valence-corrected chi connectivity index (χ4v) is 3.04. The van der Waals surface area contributed by atoms with Gasteiger partial charge in [0.05, 0.1) is 32.5 Å². The molecule has 0 aromatic heterocycles. The molecule has 0 amide bonds. The van der Waals surface area contributed by atoms with Gasteiger partial charge in [0.15, 0.2) is 0 Å². The van der Waals surface area contributed by atoms with Crippen LogP contribution < -0.4 is 4.74 Å². The number of benzene rings is 1. The van der Waals surface area contributed by atoms with Crippen molar-refractivity contribution in [3.63, 3.8) is 0 Å². The number of fused-ring (bicyclic) bond motifs is 1. The molecule has 2 heterocycles. The summed E-state index contributed by atoms with van der Waals surface area (Å²) >= 11 is 0. The summed E-state index contributed by atoms with van der Waals surface area (Å²) in [6.07, 6.45) is 8.22. The summed E-state index contributed by atoms with van der Waals surface area (Å²) in [7, 11) is 1.66. The summed E-state index contributed by atoms with van der Waals surface area (Å²) in [6.45, 7) is 31.9. The van der Waals surface area contributed by atoms with Crippen molar-refractivity contribution in [3.05, 3.63) is 94.5 Å². The first-order valence-corrected chi connectivity index (χ1v) is 10.3. The van der Waals surface area contributed by atoms with Crippen LogP contribution in [0.15, 0.2) is 49.1 Å². The molecule has 0 aliphatic carbocycles. The summed E-state index contributed by atoms with van der Waals surface area (Å²) in [5.41, 5.74) is 1.12. The van der Waals surface area contributed by atoms with E-state index in [1.165, 1.54) is 0 Å². The number of rotatable bonds is 8. The average Bonchev–Trinajstić information content (AvgIpc) is 3.23. The number of hydrogen-bond donors (Lipinski definition) is 0. The van der Waals surface area contributed by atoms with Crippen LogP contribution in [0.4, 0.5) is 0 Å². The molecule has 12 heteroatoms. The van der Waals surface area contributed by atoms with E-state index >= 15 is 0 Å². The van der Waals surface area contributed by atoms with E-state index in [0.29, 0.717) is 19.6 Å². The fraction of sp³-hybridized carbons (Fsp3) is 0.357. The van der Waals surface area contributed by atoms with Crippen molar-refractivity contribution < 1.29 is 80.4 Å². The van der Waals surface area contributed by atoms with Crippen LogP contribution in [-0.2, 0) is 82.3 Å². The molecular weight excluding hydrogens is 614 g/mol. The average molecular weight is 640 g/mol. The van der Waals surface area contributed by atoms with Crippen molar-refractivity contribution in [3.8, 4) is 17.6 Å². The van der Waals surface area contributed by atoms with Gasteiger partial charge in [0.1, 0.15) is 18.0 Å². The van der Waals surface area contributed by atoms with Gasteiger partial charge in [-0.2, -0.15) is 0 Å². The van der Waals surface area contributed by atoms with Gasteiger partial charge in [0.25, 0.3) is 0 Å². The molecule has 40 heavy (non-hydrogen) atoms. The van der Waals surface area contributed by atoms with Crippen LogP contribution in [0.3, 0.4) is 0 Å². The van der Waals surface area contributed by atoms with E-state index in [2.05, 4.69) is 70.5 Å². The van der Waals surface area contributed by atoms with Gasteiger partial charge in [0.2, 0.25) is 0 Å². The van der Waals surface area contributed by atoms with E-state index in [-0.39, 0.29) is 58.0 Å². The monoisotopic (exact) mass is 640 g/mol. The fourth-order valence-electron chi connectivity index (χ4n) is 3.04. The predicted octanol–water partition coefficient (Wildman–Crippen LogP) is 3.43. The van der Waals surface area contributed by atoms with Gasteiger partial charge in [-0.1, -0.05) is 42.2 Å². The zero-order valence-electron chi connectivity index (χ0n) is 21.3. The minimum atomic E-state index is -0.120. The van der Waals surface area contributed by atoms with E-state index in [1.807, 2.05) is 30.3 Å². The maximum absolute atomic E-state index is 7.50. The van der Waals surface area contributed by atoms with Crippen LogP contribution in [-0.4, -0.2) is 38.1 Å². The SMILES string of the molecule is C=CC[C@@H]1C=C[C@@H]2O[C@H](CCOCc3ccc(OC)cc3)C#CC[C@H]2O1.[C-]#[O+].[C-]#[O+].[C-]#[O+].[C-]#[O+].[C-]#[O+].[C-]#[O+].[Co].[Co]. The molecular formula is C28H26Co2O10. The zero-order valence-corrected chi connectivity index (χ0v) is 23.4. The molecule has 0 spiro atoms. The molecule has 216 valence electrons. The van der Waals surface area contributed by atoms with Crippen LogP contribution in [0.2, 0.25) is 0 Å². The van der Waals surface area contributed by atoms with Crippen LogP contribution in [0.25, 0.3) is 0 Å². The third-order valence-corrected chi connectivity index (χ3v) is 4.47. The molecule has 3 rings (SSSR count). The van der Waals surface area contributed by atoms with Gasteiger partial charge >= 0.3 is 67.8 Å². The Balaban J connectivity index is -0.000000183. The third kappa shape index (κ3) is 23.3. The van der Waals surface area contributed by atoms with Gasteiger partial charge in [-0.3, -0.25) is 0 Å². The first kappa shape index (κ1) is 50.3. The molecule has 0 bridgehead atoms.